The number of hydrogen-bond acceptors (Lipinski definition) is 4. The lowest BCUT2D eigenvalue weighted by atomic mass is 10.1. The molecule has 214 valence electrons. The Bertz CT molecular complexity index is 1390. The number of nitrogens with one attached hydrogen (secondary N) is 1. The van der Waals surface area contributed by atoms with Crippen molar-refractivity contribution in [2.75, 3.05) is 10.8 Å². The molecule has 3 aromatic rings. The van der Waals surface area contributed by atoms with Crippen LogP contribution in [0.3, 0.4) is 0 Å². The molecule has 2 atom stereocenters. The molecule has 3 rings (SSSR count). The summed E-state index contributed by atoms with van der Waals surface area (Å²) in [7, 11) is -4.20. The molecule has 0 aliphatic rings. The zero-order valence-corrected chi connectivity index (χ0v) is 24.5. The smallest absolute Gasteiger partial charge is 0.264 e. The van der Waals surface area contributed by atoms with E-state index >= 15 is 0 Å². The van der Waals surface area contributed by atoms with Crippen molar-refractivity contribution >= 4 is 27.5 Å². The summed E-state index contributed by atoms with van der Waals surface area (Å²) in [5, 5.41) is 2.96. The SMILES string of the molecule is CCC(C)NC(=O)C(CC)N(Cc1ccc(C)cc1)C(=O)CN(c1ccc(F)cc1)S(=O)(=O)c1ccc(C)cc1. The van der Waals surface area contributed by atoms with Crippen LogP contribution in [0.4, 0.5) is 10.1 Å². The lowest BCUT2D eigenvalue weighted by molar-refractivity contribution is -0.140. The van der Waals surface area contributed by atoms with Crippen LogP contribution in [0.25, 0.3) is 0 Å². The van der Waals surface area contributed by atoms with Gasteiger partial charge < -0.3 is 10.2 Å². The summed E-state index contributed by atoms with van der Waals surface area (Å²) in [5.74, 6) is -1.38. The van der Waals surface area contributed by atoms with Gasteiger partial charge in [0.05, 0.1) is 10.6 Å². The maximum Gasteiger partial charge on any atom is 0.264 e. The van der Waals surface area contributed by atoms with Crippen molar-refractivity contribution in [2.45, 2.75) is 71.0 Å². The van der Waals surface area contributed by atoms with E-state index in [4.69, 9.17) is 0 Å². The van der Waals surface area contributed by atoms with Crippen molar-refractivity contribution < 1.29 is 22.4 Å². The highest BCUT2D eigenvalue weighted by molar-refractivity contribution is 7.92. The van der Waals surface area contributed by atoms with Crippen LogP contribution in [0.5, 0.6) is 0 Å². The molecule has 0 saturated heterocycles. The van der Waals surface area contributed by atoms with Crippen molar-refractivity contribution in [2.24, 2.45) is 0 Å². The van der Waals surface area contributed by atoms with Gasteiger partial charge in [0.15, 0.2) is 0 Å². The van der Waals surface area contributed by atoms with Crippen molar-refractivity contribution in [1.82, 2.24) is 10.2 Å². The van der Waals surface area contributed by atoms with Gasteiger partial charge in [-0.15, -0.1) is 0 Å². The lowest BCUT2D eigenvalue weighted by Crippen LogP contribution is -2.53. The summed E-state index contributed by atoms with van der Waals surface area (Å²) in [4.78, 5) is 28.8. The quantitative estimate of drug-likeness (QED) is 0.319. The molecule has 0 bridgehead atoms. The van der Waals surface area contributed by atoms with Gasteiger partial charge in [-0.05, 0) is 75.6 Å². The van der Waals surface area contributed by atoms with Gasteiger partial charge in [-0.2, -0.15) is 0 Å². The number of anilines is 1. The molecular weight excluding hydrogens is 529 g/mol. The fourth-order valence-corrected chi connectivity index (χ4v) is 5.64. The minimum atomic E-state index is -4.20. The van der Waals surface area contributed by atoms with Gasteiger partial charge in [-0.1, -0.05) is 61.4 Å². The first-order valence-electron chi connectivity index (χ1n) is 13.5. The average molecular weight is 568 g/mol. The molecule has 9 heteroatoms. The number of carbonyl (C=O) groups excluding carboxylic acids is 2. The molecule has 0 saturated carbocycles. The van der Waals surface area contributed by atoms with E-state index < -0.39 is 34.3 Å². The molecular formula is C31H38FN3O4S. The number of halogens is 1. The Balaban J connectivity index is 2.04. The highest BCUT2D eigenvalue weighted by atomic mass is 32.2. The Labute approximate surface area is 237 Å². The summed E-state index contributed by atoms with van der Waals surface area (Å²) in [5.41, 5.74) is 2.88. The number of nitrogens with zero attached hydrogens (tertiary/aromatic N) is 2. The fourth-order valence-electron chi connectivity index (χ4n) is 4.22. The molecule has 0 aromatic heterocycles. The van der Waals surface area contributed by atoms with Crippen LogP contribution in [-0.2, 0) is 26.2 Å². The van der Waals surface area contributed by atoms with E-state index in [0.717, 1.165) is 39.5 Å². The highest BCUT2D eigenvalue weighted by Gasteiger charge is 2.34. The summed E-state index contributed by atoms with van der Waals surface area (Å²) in [6, 6.07) is 18.0. The maximum atomic E-state index is 14.0. The van der Waals surface area contributed by atoms with Gasteiger partial charge in [0.2, 0.25) is 11.8 Å². The number of benzene rings is 3. The highest BCUT2D eigenvalue weighted by Crippen LogP contribution is 2.25. The summed E-state index contributed by atoms with van der Waals surface area (Å²) in [6.45, 7) is 9.01. The van der Waals surface area contributed by atoms with Gasteiger partial charge in [0.1, 0.15) is 18.4 Å². The van der Waals surface area contributed by atoms with Gasteiger partial charge in [0.25, 0.3) is 10.0 Å². The summed E-state index contributed by atoms with van der Waals surface area (Å²) >= 11 is 0. The molecule has 3 aromatic carbocycles. The van der Waals surface area contributed by atoms with Crippen molar-refractivity contribution in [3.05, 3.63) is 95.3 Å². The normalized spacial score (nSPS) is 12.8. The van der Waals surface area contributed by atoms with E-state index in [1.165, 1.54) is 29.2 Å². The van der Waals surface area contributed by atoms with Gasteiger partial charge in [-0.25, -0.2) is 12.8 Å². The molecule has 40 heavy (non-hydrogen) atoms. The molecule has 0 fully saturated rings. The van der Waals surface area contributed by atoms with Crippen LogP contribution in [0.2, 0.25) is 0 Å². The first kappa shape index (κ1) is 30.8. The van der Waals surface area contributed by atoms with Crippen molar-refractivity contribution in [1.29, 1.82) is 0 Å². The summed E-state index contributed by atoms with van der Waals surface area (Å²) < 4.78 is 42.4. The lowest BCUT2D eigenvalue weighted by Gasteiger charge is -2.33. The number of hydrogen-bond donors (Lipinski definition) is 1. The Morgan fingerprint density at radius 1 is 0.850 bits per heavy atom. The van der Waals surface area contributed by atoms with Gasteiger partial charge in [-0.3, -0.25) is 13.9 Å². The van der Waals surface area contributed by atoms with Crippen molar-refractivity contribution in [3.63, 3.8) is 0 Å². The minimum absolute atomic E-state index is 0.00173. The third-order valence-electron chi connectivity index (χ3n) is 6.86. The van der Waals surface area contributed by atoms with E-state index in [1.54, 1.807) is 12.1 Å². The second-order valence-electron chi connectivity index (χ2n) is 10.1. The van der Waals surface area contributed by atoms with E-state index in [9.17, 15) is 22.4 Å². The molecule has 2 unspecified atom stereocenters. The molecule has 0 aliphatic heterocycles. The number of aryl methyl sites for hydroxylation is 2. The number of sulfonamides is 1. The standard InChI is InChI=1S/C31H38FN3O4S/c1-6-24(5)33-31(37)29(7-2)34(20-25-12-8-22(3)9-13-25)30(36)21-35(27-16-14-26(32)15-17-27)40(38,39)28-18-10-23(4)11-19-28/h8-19,24,29H,6-7,20-21H2,1-5H3,(H,33,37). The van der Waals surface area contributed by atoms with E-state index in [-0.39, 0.29) is 29.1 Å². The maximum absolute atomic E-state index is 14.0. The predicted octanol–water partition coefficient (Wildman–Crippen LogP) is 5.36. The molecule has 0 heterocycles. The largest absolute Gasteiger partial charge is 0.352 e. The zero-order chi connectivity index (χ0) is 29.4. The van der Waals surface area contributed by atoms with Crippen LogP contribution in [0.1, 0.15) is 50.3 Å². The van der Waals surface area contributed by atoms with Crippen LogP contribution in [0.15, 0.2) is 77.7 Å². The first-order valence-corrected chi connectivity index (χ1v) is 14.9. The van der Waals surface area contributed by atoms with Gasteiger partial charge in [0, 0.05) is 12.6 Å². The molecule has 1 N–H and O–H groups in total. The van der Waals surface area contributed by atoms with Crippen LogP contribution in [0, 0.1) is 19.7 Å². The molecule has 7 nitrogen and oxygen atoms in total. The Kier molecular flexibility index (Phi) is 10.5. The minimum Gasteiger partial charge on any atom is -0.352 e. The number of rotatable bonds is 12. The average Bonchev–Trinajstić information content (AvgIpc) is 2.93. The third kappa shape index (κ3) is 7.69. The van der Waals surface area contributed by atoms with E-state index in [1.807, 2.05) is 58.9 Å². The Hall–Kier alpha value is -3.72. The Morgan fingerprint density at radius 3 is 1.93 bits per heavy atom. The molecule has 0 aliphatic carbocycles. The molecule has 2 amide bonds. The van der Waals surface area contributed by atoms with Crippen LogP contribution < -0.4 is 9.62 Å². The van der Waals surface area contributed by atoms with Crippen LogP contribution >= 0.6 is 0 Å². The molecule has 0 spiro atoms. The summed E-state index contributed by atoms with van der Waals surface area (Å²) in [6.07, 6.45) is 1.06. The first-order chi connectivity index (χ1) is 19.0. The van der Waals surface area contributed by atoms with E-state index in [2.05, 4.69) is 5.32 Å². The third-order valence-corrected chi connectivity index (χ3v) is 8.65. The number of carbonyl (C=O) groups is 2. The molecule has 0 radical (unpaired) electrons. The second-order valence-corrected chi connectivity index (χ2v) is 11.9. The van der Waals surface area contributed by atoms with Crippen molar-refractivity contribution in [3.8, 4) is 0 Å². The van der Waals surface area contributed by atoms with Crippen LogP contribution in [-0.4, -0.2) is 43.8 Å². The fraction of sp³-hybridized carbons (Fsp3) is 0.355. The second kappa shape index (κ2) is 13.6. The Morgan fingerprint density at radius 2 is 1.40 bits per heavy atom. The topological polar surface area (TPSA) is 86.8 Å². The van der Waals surface area contributed by atoms with Gasteiger partial charge >= 0.3 is 0 Å². The monoisotopic (exact) mass is 567 g/mol. The zero-order valence-electron chi connectivity index (χ0n) is 23.7. The van der Waals surface area contributed by atoms with E-state index in [0.29, 0.717) is 6.42 Å². The number of amides is 2. The predicted molar refractivity (Wildman–Crippen MR) is 156 cm³/mol.